The summed E-state index contributed by atoms with van der Waals surface area (Å²) in [6, 6.07) is 26.7. The van der Waals surface area contributed by atoms with Crippen LogP contribution in [0.1, 0.15) is 63.8 Å². The predicted octanol–water partition coefficient (Wildman–Crippen LogP) is 10.5. The smallest absolute Gasteiger partial charge is 0.316 e. The Balaban J connectivity index is 1.32. The third-order valence-corrected chi connectivity index (χ3v) is 17.2. The van der Waals surface area contributed by atoms with Crippen molar-refractivity contribution in [1.29, 1.82) is 0 Å². The highest BCUT2D eigenvalue weighted by molar-refractivity contribution is 9.10. The molecular formula is C59H59BrN12O10S3. The molecule has 0 radical (unpaired) electrons. The van der Waals surface area contributed by atoms with Crippen LogP contribution in [-0.4, -0.2) is 105 Å². The van der Waals surface area contributed by atoms with Crippen molar-refractivity contribution in [2.45, 2.75) is 85.5 Å². The first-order valence-corrected chi connectivity index (χ1v) is 30.8. The normalized spacial score (nSPS) is 11.9. The van der Waals surface area contributed by atoms with Gasteiger partial charge in [-0.2, -0.15) is 9.29 Å². The highest BCUT2D eigenvalue weighted by Gasteiger charge is 2.40. The summed E-state index contributed by atoms with van der Waals surface area (Å²) in [5.74, 6) is -0.766. The summed E-state index contributed by atoms with van der Waals surface area (Å²) in [6.07, 6.45) is 9.97. The number of aliphatic hydroxyl groups excluding tert-OH is 1. The van der Waals surface area contributed by atoms with Gasteiger partial charge in [0.1, 0.15) is 48.3 Å². The Morgan fingerprint density at radius 3 is 1.86 bits per heavy atom. The van der Waals surface area contributed by atoms with Crippen molar-refractivity contribution in [3.63, 3.8) is 0 Å². The van der Waals surface area contributed by atoms with Crippen molar-refractivity contribution < 1.29 is 45.6 Å². The van der Waals surface area contributed by atoms with Crippen LogP contribution in [0.3, 0.4) is 0 Å². The number of aromatic nitrogens is 10. The monoisotopic (exact) mass is 1270 g/mol. The van der Waals surface area contributed by atoms with E-state index in [0.717, 1.165) is 33.5 Å². The van der Waals surface area contributed by atoms with Crippen LogP contribution in [0.15, 0.2) is 165 Å². The number of hydrogen-bond donors (Lipinski definition) is 2. The van der Waals surface area contributed by atoms with E-state index < -0.39 is 30.4 Å². The van der Waals surface area contributed by atoms with E-state index in [-0.39, 0.29) is 107 Å². The third-order valence-electron chi connectivity index (χ3n) is 12.6. The number of hydrogen-bond acceptors (Lipinski definition) is 21. The minimum Gasteiger partial charge on any atom is -0.496 e. The summed E-state index contributed by atoms with van der Waals surface area (Å²) in [5, 5.41) is 9.54. The van der Waals surface area contributed by atoms with Crippen molar-refractivity contribution in [3.05, 3.63) is 167 Å². The molecule has 0 saturated carbocycles. The summed E-state index contributed by atoms with van der Waals surface area (Å²) in [6.45, 7) is 12.8. The quantitative estimate of drug-likeness (QED) is 0.0563. The minimum atomic E-state index is -5.29. The van der Waals surface area contributed by atoms with Crippen LogP contribution in [0, 0.1) is 6.92 Å². The number of nitrogens with zero attached hydrogens (tertiary/aromatic N) is 11. The highest BCUT2D eigenvalue weighted by atomic mass is 79.9. The number of aryl methyl sites for hydroxylation is 1. The number of para-hydroxylation sites is 1. The molecule has 5 heterocycles. The van der Waals surface area contributed by atoms with E-state index in [4.69, 9.17) is 38.6 Å². The molecule has 0 aliphatic heterocycles. The molecule has 2 N–H and O–H groups in total. The largest absolute Gasteiger partial charge is 0.496 e. The van der Waals surface area contributed by atoms with Crippen LogP contribution >= 0.6 is 27.7 Å². The summed E-state index contributed by atoms with van der Waals surface area (Å²) in [4.78, 5) is 44.8. The molecule has 0 saturated heterocycles. The fourth-order valence-electron chi connectivity index (χ4n) is 8.15. The van der Waals surface area contributed by atoms with E-state index in [0.29, 0.717) is 31.8 Å². The molecule has 0 fully saturated rings. The summed E-state index contributed by atoms with van der Waals surface area (Å²) in [7, 11) is -8.33. The molecule has 0 amide bonds. The first-order valence-electron chi connectivity index (χ1n) is 26.3. The van der Waals surface area contributed by atoms with Gasteiger partial charge in [0.25, 0.3) is 20.0 Å². The van der Waals surface area contributed by atoms with E-state index in [1.165, 1.54) is 68.6 Å². The van der Waals surface area contributed by atoms with Gasteiger partial charge in [-0.25, -0.2) is 61.7 Å². The zero-order valence-electron chi connectivity index (χ0n) is 47.5. The number of aliphatic hydroxyl groups is 1. The zero-order chi connectivity index (χ0) is 60.5. The fourth-order valence-corrected chi connectivity index (χ4v) is 12.1. The standard InChI is InChI=1S/C59H59BrN12O10S3/c1-37-14-16-39(17-15-37)48-52(67-36-68-54(48)79-26-28-81-56-63-31-38(35-73)32-64-56)72(85(76,77)47-23-20-41(59(5,6)7)30-44(47)71-84(74,75)43-21-18-40(19-22-43)58(2,3)4)53-49(83-46-13-10-9-12-45(46)78-8)55(70-51(69-53)50-61-24-11-25-62-50)80-27-29-82-57-65-33-42(60)34-66-57/h9-25,30-34,36,71,73H,26-29,35H2,1-8H3. The molecule has 440 valence electrons. The van der Waals surface area contributed by atoms with Gasteiger partial charge in [-0.05, 0) is 92.8 Å². The Bertz CT molecular complexity index is 4020. The predicted molar refractivity (Wildman–Crippen MR) is 322 cm³/mol. The first-order chi connectivity index (χ1) is 40.6. The Hall–Kier alpha value is -8.43. The van der Waals surface area contributed by atoms with Gasteiger partial charge in [0.15, 0.2) is 17.5 Å². The van der Waals surface area contributed by atoms with Crippen molar-refractivity contribution in [2.75, 3.05) is 42.6 Å². The van der Waals surface area contributed by atoms with E-state index in [2.05, 4.69) is 55.5 Å². The average molecular weight is 1270 g/mol. The SMILES string of the molecule is COc1ccccc1Sc1c(OCCOc2ncc(Br)cn2)nc(-c2ncccn2)nc1N(c1ncnc(OCCOc2ncc(CO)cn2)c1-c1ccc(C)cc1)S(=O)(=O)c1ccc(C(C)(C)C)cc1NS(=O)(=O)c1ccc(C(C)(C)C)cc1. The van der Waals surface area contributed by atoms with Gasteiger partial charge >= 0.3 is 12.0 Å². The van der Waals surface area contributed by atoms with E-state index in [9.17, 15) is 13.5 Å². The summed E-state index contributed by atoms with van der Waals surface area (Å²) >= 11 is 4.35. The second-order valence-electron chi connectivity index (χ2n) is 20.8. The molecule has 0 bridgehead atoms. The van der Waals surface area contributed by atoms with Crippen LogP contribution in [0.5, 0.6) is 29.5 Å². The second-order valence-corrected chi connectivity index (χ2v) is 26.2. The number of sulfonamides is 2. The van der Waals surface area contributed by atoms with Crippen molar-refractivity contribution in [3.8, 4) is 52.3 Å². The summed E-state index contributed by atoms with van der Waals surface area (Å²) in [5.41, 5.74) is 2.06. The topological polar surface area (TPSA) is 279 Å². The maximum Gasteiger partial charge on any atom is 0.316 e. The van der Waals surface area contributed by atoms with Crippen molar-refractivity contribution >= 4 is 65.1 Å². The van der Waals surface area contributed by atoms with Crippen LogP contribution in [0.25, 0.3) is 22.8 Å². The van der Waals surface area contributed by atoms with Crippen LogP contribution < -0.4 is 32.7 Å². The molecule has 22 nitrogen and oxygen atoms in total. The molecule has 0 aliphatic carbocycles. The van der Waals surface area contributed by atoms with Crippen LogP contribution in [-0.2, 0) is 37.5 Å². The minimum absolute atomic E-state index is 0.00317. The maximum atomic E-state index is 17.0. The first kappa shape index (κ1) is 61.1. The molecule has 85 heavy (non-hydrogen) atoms. The van der Waals surface area contributed by atoms with Gasteiger partial charge in [0.05, 0.1) is 39.2 Å². The van der Waals surface area contributed by atoms with Gasteiger partial charge in [-0.15, -0.1) is 0 Å². The number of anilines is 3. The van der Waals surface area contributed by atoms with Crippen LogP contribution in [0.2, 0.25) is 0 Å². The van der Waals surface area contributed by atoms with E-state index in [1.54, 1.807) is 60.7 Å². The zero-order valence-corrected chi connectivity index (χ0v) is 51.5. The van der Waals surface area contributed by atoms with Crippen LogP contribution in [0.4, 0.5) is 17.3 Å². The summed E-state index contributed by atoms with van der Waals surface area (Å²) < 4.78 is 98.2. The molecule has 9 aromatic rings. The number of nitrogens with one attached hydrogen (secondary N) is 1. The molecule has 0 unspecified atom stereocenters. The number of ether oxygens (including phenoxy) is 5. The lowest BCUT2D eigenvalue weighted by molar-refractivity contribution is 0.198. The second kappa shape index (κ2) is 26.2. The molecule has 0 atom stereocenters. The maximum absolute atomic E-state index is 17.0. The molecule has 5 aromatic heterocycles. The number of methoxy groups -OCH3 is 1. The lowest BCUT2D eigenvalue weighted by Crippen LogP contribution is -2.31. The Morgan fingerprint density at radius 1 is 0.635 bits per heavy atom. The Kier molecular flexibility index (Phi) is 18.9. The number of rotatable bonds is 23. The third kappa shape index (κ3) is 14.7. The number of benzene rings is 4. The lowest BCUT2D eigenvalue weighted by Gasteiger charge is -2.29. The fraction of sp³-hybridized carbons (Fsp3) is 0.254. The Labute approximate surface area is 505 Å². The highest BCUT2D eigenvalue weighted by Crippen LogP contribution is 2.50. The van der Waals surface area contributed by atoms with Gasteiger partial charge < -0.3 is 28.8 Å². The van der Waals surface area contributed by atoms with Gasteiger partial charge in [-0.1, -0.05) is 113 Å². The van der Waals surface area contributed by atoms with E-state index >= 15 is 8.42 Å². The lowest BCUT2D eigenvalue weighted by atomic mass is 9.87. The molecule has 4 aromatic carbocycles. The van der Waals surface area contributed by atoms with Gasteiger partial charge in [-0.3, -0.25) is 4.72 Å². The molecule has 0 spiro atoms. The molecule has 0 aliphatic rings. The molecular weight excluding hydrogens is 1210 g/mol. The number of halogens is 1. The van der Waals surface area contributed by atoms with Crippen molar-refractivity contribution in [2.24, 2.45) is 0 Å². The molecule has 26 heteroatoms. The van der Waals surface area contributed by atoms with Gasteiger partial charge in [0, 0.05) is 42.7 Å². The average Bonchev–Trinajstić information content (AvgIpc) is 1.17. The molecule has 9 rings (SSSR count). The Morgan fingerprint density at radius 2 is 1.24 bits per heavy atom. The van der Waals surface area contributed by atoms with Crippen molar-refractivity contribution in [1.82, 2.24) is 49.8 Å². The van der Waals surface area contributed by atoms with Gasteiger partial charge in [0.2, 0.25) is 17.6 Å². The van der Waals surface area contributed by atoms with E-state index in [1.807, 2.05) is 60.6 Å².